The van der Waals surface area contributed by atoms with Gasteiger partial charge < -0.3 is 20.9 Å². The van der Waals surface area contributed by atoms with Gasteiger partial charge >= 0.3 is 0 Å². The van der Waals surface area contributed by atoms with Crippen molar-refractivity contribution in [2.75, 3.05) is 51.3 Å². The molecule has 0 spiro atoms. The lowest BCUT2D eigenvalue weighted by atomic mass is 10.2. The van der Waals surface area contributed by atoms with E-state index in [-0.39, 0.29) is 11.2 Å². The topological polar surface area (TPSA) is 90.3 Å². The van der Waals surface area contributed by atoms with Crippen LogP contribution in [0.5, 0.6) is 0 Å². The van der Waals surface area contributed by atoms with Crippen LogP contribution in [0.4, 0.5) is 11.5 Å². The fourth-order valence-corrected chi connectivity index (χ4v) is 2.09. The number of aromatic amines is 1. The summed E-state index contributed by atoms with van der Waals surface area (Å²) in [6.07, 6.45) is 1.36. The van der Waals surface area contributed by atoms with Gasteiger partial charge in [-0.05, 0) is 14.1 Å². The van der Waals surface area contributed by atoms with Gasteiger partial charge in [-0.2, -0.15) is 0 Å². The highest BCUT2D eigenvalue weighted by atomic mass is 16.1. The molecular weight excluding hydrogens is 232 g/mol. The minimum Gasteiger partial charge on any atom is -0.391 e. The van der Waals surface area contributed by atoms with Crippen molar-refractivity contribution in [1.82, 2.24) is 19.8 Å². The molecule has 2 rings (SSSR count). The van der Waals surface area contributed by atoms with E-state index in [4.69, 9.17) is 5.73 Å². The number of H-pyrrole nitrogens is 1. The fourth-order valence-electron chi connectivity index (χ4n) is 2.09. The molecule has 1 aromatic rings. The van der Waals surface area contributed by atoms with Crippen LogP contribution in [-0.4, -0.2) is 66.1 Å². The zero-order valence-electron chi connectivity index (χ0n) is 10.8. The molecule has 1 saturated heterocycles. The van der Waals surface area contributed by atoms with E-state index >= 15 is 0 Å². The number of hydrogen-bond donors (Lipinski definition) is 3. The number of nitrogens with zero attached hydrogens (tertiary/aromatic N) is 3. The van der Waals surface area contributed by atoms with Crippen LogP contribution in [0.2, 0.25) is 0 Å². The molecule has 0 aliphatic carbocycles. The Morgan fingerprint density at radius 2 is 2.33 bits per heavy atom. The quantitative estimate of drug-likeness (QED) is 0.640. The molecule has 1 aromatic heterocycles. The van der Waals surface area contributed by atoms with Crippen LogP contribution in [0.1, 0.15) is 0 Å². The van der Waals surface area contributed by atoms with Crippen molar-refractivity contribution in [2.45, 2.75) is 6.04 Å². The molecule has 0 radical (unpaired) electrons. The molecule has 0 bridgehead atoms. The molecular formula is C11H20N6O. The Morgan fingerprint density at radius 3 is 3.11 bits per heavy atom. The summed E-state index contributed by atoms with van der Waals surface area (Å²) in [7, 11) is 4.22. The van der Waals surface area contributed by atoms with Gasteiger partial charge in [-0.15, -0.1) is 0 Å². The lowest BCUT2D eigenvalue weighted by Crippen LogP contribution is -2.52. The van der Waals surface area contributed by atoms with Gasteiger partial charge in [0, 0.05) is 32.2 Å². The predicted octanol–water partition coefficient (Wildman–Crippen LogP) is -0.990. The summed E-state index contributed by atoms with van der Waals surface area (Å²) in [4.78, 5) is 22.4. The van der Waals surface area contributed by atoms with Crippen LogP contribution in [0.15, 0.2) is 11.1 Å². The summed E-state index contributed by atoms with van der Waals surface area (Å²) in [5.41, 5.74) is 5.51. The van der Waals surface area contributed by atoms with Gasteiger partial charge in [0.2, 0.25) is 0 Å². The van der Waals surface area contributed by atoms with E-state index in [0.717, 1.165) is 26.2 Å². The number of anilines is 2. The molecule has 100 valence electrons. The van der Waals surface area contributed by atoms with E-state index < -0.39 is 0 Å². The fraction of sp³-hybridized carbons (Fsp3) is 0.636. The first kappa shape index (κ1) is 12.8. The number of nitrogens with two attached hydrogens (primary N) is 1. The first-order chi connectivity index (χ1) is 8.58. The molecule has 1 unspecified atom stereocenters. The van der Waals surface area contributed by atoms with E-state index in [1.165, 1.54) is 6.33 Å². The van der Waals surface area contributed by atoms with E-state index in [1.807, 2.05) is 0 Å². The first-order valence-corrected chi connectivity index (χ1v) is 6.03. The first-order valence-electron chi connectivity index (χ1n) is 6.03. The molecule has 1 aliphatic rings. The van der Waals surface area contributed by atoms with Gasteiger partial charge in [0.15, 0.2) is 5.82 Å². The normalized spacial score (nSPS) is 22.0. The summed E-state index contributed by atoms with van der Waals surface area (Å²) in [5.74, 6) is 0.459. The number of likely N-dealkylation sites (N-methyl/N-ethyl adjacent to an activating group) is 2. The van der Waals surface area contributed by atoms with Crippen LogP contribution < -0.4 is 16.6 Å². The second-order valence-electron chi connectivity index (χ2n) is 4.77. The largest absolute Gasteiger partial charge is 0.391 e. The van der Waals surface area contributed by atoms with Gasteiger partial charge in [-0.3, -0.25) is 9.69 Å². The number of nitrogen functional groups attached to an aromatic ring is 1. The second-order valence-corrected chi connectivity index (χ2v) is 4.77. The molecule has 18 heavy (non-hydrogen) atoms. The van der Waals surface area contributed by atoms with E-state index in [0.29, 0.717) is 11.9 Å². The van der Waals surface area contributed by atoms with Crippen LogP contribution >= 0.6 is 0 Å². The van der Waals surface area contributed by atoms with Crippen molar-refractivity contribution in [2.24, 2.45) is 0 Å². The highest BCUT2D eigenvalue weighted by Crippen LogP contribution is 2.10. The lowest BCUT2D eigenvalue weighted by Gasteiger charge is -2.37. The molecule has 1 fully saturated rings. The standard InChI is InChI=1S/C11H20N6O/c1-16-3-4-17(2)8(6-16)5-13-10-9(12)11(18)15-7-14-10/h7-8H,3-6,12H2,1-2H3,(H2,13,14,15,18). The number of piperazine rings is 1. The van der Waals surface area contributed by atoms with Crippen molar-refractivity contribution in [1.29, 1.82) is 0 Å². The Balaban J connectivity index is 1.98. The predicted molar refractivity (Wildman–Crippen MR) is 71.7 cm³/mol. The van der Waals surface area contributed by atoms with Crippen molar-refractivity contribution in [3.8, 4) is 0 Å². The molecule has 1 aliphatic heterocycles. The number of hydrogen-bond acceptors (Lipinski definition) is 6. The third-order valence-electron chi connectivity index (χ3n) is 3.37. The molecule has 0 amide bonds. The van der Waals surface area contributed by atoms with Crippen molar-refractivity contribution in [3.05, 3.63) is 16.7 Å². The minimum absolute atomic E-state index is 0.143. The van der Waals surface area contributed by atoms with E-state index in [2.05, 4.69) is 39.2 Å². The molecule has 1 atom stereocenters. The maximum Gasteiger partial charge on any atom is 0.276 e. The average Bonchev–Trinajstić information content (AvgIpc) is 2.35. The molecule has 2 heterocycles. The molecule has 7 nitrogen and oxygen atoms in total. The van der Waals surface area contributed by atoms with Crippen LogP contribution in [0, 0.1) is 0 Å². The molecule has 0 aromatic carbocycles. The third kappa shape index (κ3) is 2.80. The Morgan fingerprint density at radius 1 is 1.56 bits per heavy atom. The highest BCUT2D eigenvalue weighted by molar-refractivity contribution is 5.58. The molecule has 7 heteroatoms. The Labute approximate surface area is 106 Å². The summed E-state index contributed by atoms with van der Waals surface area (Å²) in [6.45, 7) is 3.84. The number of nitrogens with one attached hydrogen (secondary N) is 2. The highest BCUT2D eigenvalue weighted by Gasteiger charge is 2.22. The average molecular weight is 252 g/mol. The maximum atomic E-state index is 11.3. The molecule has 4 N–H and O–H groups in total. The third-order valence-corrected chi connectivity index (χ3v) is 3.37. The summed E-state index contributed by atoms with van der Waals surface area (Å²) < 4.78 is 0. The Kier molecular flexibility index (Phi) is 3.83. The van der Waals surface area contributed by atoms with Gasteiger partial charge in [0.1, 0.15) is 5.69 Å². The number of rotatable bonds is 3. The van der Waals surface area contributed by atoms with Gasteiger partial charge in [-0.1, -0.05) is 0 Å². The van der Waals surface area contributed by atoms with Gasteiger partial charge in [0.05, 0.1) is 6.33 Å². The van der Waals surface area contributed by atoms with Crippen LogP contribution in [-0.2, 0) is 0 Å². The van der Waals surface area contributed by atoms with Crippen molar-refractivity contribution in [3.63, 3.8) is 0 Å². The molecule has 0 saturated carbocycles. The number of aromatic nitrogens is 2. The minimum atomic E-state index is -0.304. The van der Waals surface area contributed by atoms with Crippen molar-refractivity contribution < 1.29 is 0 Å². The zero-order valence-corrected chi connectivity index (χ0v) is 10.8. The summed E-state index contributed by atoms with van der Waals surface area (Å²) in [5, 5.41) is 3.15. The second kappa shape index (κ2) is 5.36. The van der Waals surface area contributed by atoms with Gasteiger partial charge in [0.25, 0.3) is 5.56 Å². The smallest absolute Gasteiger partial charge is 0.276 e. The van der Waals surface area contributed by atoms with Gasteiger partial charge in [-0.25, -0.2) is 4.98 Å². The summed E-state index contributed by atoms with van der Waals surface area (Å²) >= 11 is 0. The SMILES string of the molecule is CN1CCN(C)C(CNc2nc[nH]c(=O)c2N)C1. The van der Waals surface area contributed by atoms with E-state index in [1.54, 1.807) is 0 Å². The Bertz CT molecular complexity index is 459. The van der Waals surface area contributed by atoms with E-state index in [9.17, 15) is 4.79 Å². The maximum absolute atomic E-state index is 11.3. The van der Waals surface area contributed by atoms with Crippen molar-refractivity contribution >= 4 is 11.5 Å². The zero-order chi connectivity index (χ0) is 13.1. The lowest BCUT2D eigenvalue weighted by molar-refractivity contribution is 0.122. The van der Waals surface area contributed by atoms with Crippen LogP contribution in [0.25, 0.3) is 0 Å². The summed E-state index contributed by atoms with van der Waals surface area (Å²) in [6, 6.07) is 0.393. The Hall–Kier alpha value is -1.60. The monoisotopic (exact) mass is 252 g/mol. The van der Waals surface area contributed by atoms with Crippen LogP contribution in [0.3, 0.4) is 0 Å².